The molecule has 9 nitrogen and oxygen atoms in total. The summed E-state index contributed by atoms with van der Waals surface area (Å²) in [4.78, 5) is 50.2. The molecular formula is C20H18N4O5. The number of pyridine rings is 1. The van der Waals surface area contributed by atoms with Gasteiger partial charge in [-0.2, -0.15) is 0 Å². The zero-order valence-corrected chi connectivity index (χ0v) is 15.5. The first-order chi connectivity index (χ1) is 14.0. The molecule has 2 heterocycles. The van der Waals surface area contributed by atoms with Crippen LogP contribution >= 0.6 is 0 Å². The lowest BCUT2D eigenvalue weighted by Crippen LogP contribution is -2.46. The molecule has 3 N–H and O–H groups in total. The van der Waals surface area contributed by atoms with Gasteiger partial charge in [-0.05, 0) is 23.8 Å². The Kier molecular flexibility index (Phi) is 5.94. The van der Waals surface area contributed by atoms with Gasteiger partial charge in [0, 0.05) is 29.9 Å². The lowest BCUT2D eigenvalue weighted by Gasteiger charge is -2.21. The van der Waals surface area contributed by atoms with Gasteiger partial charge in [-0.25, -0.2) is 4.79 Å². The number of carbonyl (C=O) groups excluding carboxylic acids is 3. The van der Waals surface area contributed by atoms with E-state index in [-0.39, 0.29) is 24.4 Å². The molecule has 4 amide bonds. The summed E-state index contributed by atoms with van der Waals surface area (Å²) >= 11 is 0. The lowest BCUT2D eigenvalue weighted by molar-refractivity contribution is -0.108. The zero-order chi connectivity index (χ0) is 20.8. The van der Waals surface area contributed by atoms with Crippen LogP contribution in [-0.2, 0) is 11.3 Å². The second-order valence-corrected chi connectivity index (χ2v) is 6.21. The van der Waals surface area contributed by atoms with E-state index in [1.165, 1.54) is 25.4 Å². The summed E-state index contributed by atoms with van der Waals surface area (Å²) in [5, 5.41) is 4.54. The molecule has 0 fully saturated rings. The highest BCUT2D eigenvalue weighted by Crippen LogP contribution is 2.26. The van der Waals surface area contributed by atoms with Crippen LogP contribution < -0.4 is 20.9 Å². The number of aromatic amines is 1. The number of ether oxygens (including phenoxy) is 1. The Hall–Kier alpha value is -4.06. The van der Waals surface area contributed by atoms with Gasteiger partial charge < -0.3 is 19.9 Å². The van der Waals surface area contributed by atoms with E-state index in [0.717, 1.165) is 5.56 Å². The van der Waals surface area contributed by atoms with Crippen molar-refractivity contribution in [1.82, 2.24) is 20.5 Å². The Bertz CT molecular complexity index is 1050. The summed E-state index contributed by atoms with van der Waals surface area (Å²) in [5.74, 6) is 6.08. The minimum Gasteiger partial charge on any atom is -0.497 e. The quantitative estimate of drug-likeness (QED) is 0.495. The van der Waals surface area contributed by atoms with Crippen LogP contribution in [0.15, 0.2) is 41.3 Å². The second-order valence-electron chi connectivity index (χ2n) is 6.21. The maximum atomic E-state index is 12.7. The summed E-state index contributed by atoms with van der Waals surface area (Å²) in [6.45, 7) is 0.477. The van der Waals surface area contributed by atoms with Crippen molar-refractivity contribution in [1.29, 1.82) is 0 Å². The summed E-state index contributed by atoms with van der Waals surface area (Å²) in [5.41, 5.74) is 1.66. The smallest absolute Gasteiger partial charge is 0.322 e. The van der Waals surface area contributed by atoms with E-state index in [4.69, 9.17) is 4.74 Å². The highest BCUT2D eigenvalue weighted by Gasteiger charge is 2.29. The number of H-pyrrole nitrogens is 1. The van der Waals surface area contributed by atoms with Crippen molar-refractivity contribution in [3.63, 3.8) is 0 Å². The molecule has 0 spiro atoms. The Morgan fingerprint density at radius 1 is 1.34 bits per heavy atom. The number of benzene rings is 1. The summed E-state index contributed by atoms with van der Waals surface area (Å²) in [7, 11) is 1.52. The summed E-state index contributed by atoms with van der Waals surface area (Å²) in [6, 6.07) is 6.66. The van der Waals surface area contributed by atoms with Gasteiger partial charge in [0.15, 0.2) is 0 Å². The number of urea groups is 1. The number of nitrogens with one attached hydrogen (secondary N) is 3. The molecule has 29 heavy (non-hydrogen) atoms. The molecule has 3 rings (SSSR count). The third kappa shape index (κ3) is 4.81. The molecule has 2 aromatic rings. The average molecular weight is 394 g/mol. The van der Waals surface area contributed by atoms with Gasteiger partial charge in [-0.3, -0.25) is 19.7 Å². The van der Waals surface area contributed by atoms with Crippen molar-refractivity contribution < 1.29 is 19.1 Å². The fourth-order valence-electron chi connectivity index (χ4n) is 2.87. The number of aromatic nitrogens is 1. The standard InChI is InChI=1S/C20H18N4O5/c1-29-16-6-4-14-10-24(19(27)17(14)8-16)11-15(23-20(28)22-12-25)5-2-13-3-7-18(26)21-9-13/h3-4,6-9,12,15H,10-11H2,1H3,(H,21,26)(H2,22,23,25,28)/t15-/m1/s1. The number of hydrogen-bond donors (Lipinski definition) is 3. The van der Waals surface area contributed by atoms with E-state index in [1.54, 1.807) is 17.0 Å². The molecule has 0 unspecified atom stereocenters. The molecule has 1 aromatic carbocycles. The minimum absolute atomic E-state index is 0.110. The molecule has 0 saturated heterocycles. The van der Waals surface area contributed by atoms with E-state index in [0.29, 0.717) is 23.4 Å². The largest absolute Gasteiger partial charge is 0.497 e. The van der Waals surface area contributed by atoms with Crippen LogP contribution in [0.5, 0.6) is 5.75 Å². The Balaban J connectivity index is 1.79. The van der Waals surface area contributed by atoms with Gasteiger partial charge in [0.2, 0.25) is 12.0 Å². The number of hydrogen-bond acceptors (Lipinski definition) is 5. The summed E-state index contributed by atoms with van der Waals surface area (Å²) < 4.78 is 5.16. The maximum Gasteiger partial charge on any atom is 0.322 e. The molecule has 9 heteroatoms. The first kappa shape index (κ1) is 19.7. The molecule has 1 aliphatic rings. The Morgan fingerprint density at radius 3 is 2.86 bits per heavy atom. The van der Waals surface area contributed by atoms with Gasteiger partial charge in [0.1, 0.15) is 11.8 Å². The number of methoxy groups -OCH3 is 1. The molecule has 0 saturated carbocycles. The SMILES string of the molecule is COc1ccc2c(c1)C(=O)N(C[C@@H](C#Cc1ccc(=O)[nH]c1)NC(=O)NC=O)C2. The number of rotatable bonds is 5. The van der Waals surface area contributed by atoms with Crippen molar-refractivity contribution in [2.75, 3.05) is 13.7 Å². The first-order valence-electron chi connectivity index (χ1n) is 8.67. The van der Waals surface area contributed by atoms with Gasteiger partial charge in [-0.1, -0.05) is 17.9 Å². The fourth-order valence-corrected chi connectivity index (χ4v) is 2.87. The third-order valence-electron chi connectivity index (χ3n) is 4.27. The summed E-state index contributed by atoms with van der Waals surface area (Å²) in [6.07, 6.45) is 1.70. The molecule has 1 aromatic heterocycles. The van der Waals surface area contributed by atoms with Crippen LogP contribution in [0.25, 0.3) is 0 Å². The van der Waals surface area contributed by atoms with Crippen LogP contribution in [0, 0.1) is 11.8 Å². The topological polar surface area (TPSA) is 121 Å². The molecule has 0 bridgehead atoms. The third-order valence-corrected chi connectivity index (χ3v) is 4.27. The maximum absolute atomic E-state index is 12.7. The second kappa shape index (κ2) is 8.75. The average Bonchev–Trinajstić information content (AvgIpc) is 3.02. The van der Waals surface area contributed by atoms with Crippen molar-refractivity contribution in [3.05, 3.63) is 63.6 Å². The molecular weight excluding hydrogens is 376 g/mol. The predicted molar refractivity (Wildman–Crippen MR) is 103 cm³/mol. The van der Waals surface area contributed by atoms with Crippen molar-refractivity contribution in [2.24, 2.45) is 0 Å². The normalized spacial score (nSPS) is 13.0. The van der Waals surface area contributed by atoms with E-state index in [2.05, 4.69) is 22.1 Å². The van der Waals surface area contributed by atoms with Crippen LogP contribution in [0.2, 0.25) is 0 Å². The highest BCUT2D eigenvalue weighted by atomic mass is 16.5. The predicted octanol–water partition coefficient (Wildman–Crippen LogP) is 0.215. The number of nitrogens with zero attached hydrogens (tertiary/aromatic N) is 1. The molecule has 1 aliphatic heterocycles. The van der Waals surface area contributed by atoms with Gasteiger partial charge in [-0.15, -0.1) is 0 Å². The molecule has 148 valence electrons. The van der Waals surface area contributed by atoms with E-state index < -0.39 is 12.1 Å². The van der Waals surface area contributed by atoms with Crippen LogP contribution in [-0.4, -0.2) is 47.9 Å². The van der Waals surface area contributed by atoms with E-state index >= 15 is 0 Å². The van der Waals surface area contributed by atoms with E-state index in [1.807, 2.05) is 11.4 Å². The number of carbonyl (C=O) groups is 3. The lowest BCUT2D eigenvalue weighted by atomic mass is 10.1. The van der Waals surface area contributed by atoms with Crippen molar-refractivity contribution in [3.8, 4) is 17.6 Å². The number of amides is 4. The number of imide groups is 1. The van der Waals surface area contributed by atoms with Gasteiger partial charge in [0.05, 0.1) is 13.7 Å². The monoisotopic (exact) mass is 394 g/mol. The van der Waals surface area contributed by atoms with Crippen LogP contribution in [0.4, 0.5) is 4.79 Å². The van der Waals surface area contributed by atoms with Crippen LogP contribution in [0.1, 0.15) is 21.5 Å². The van der Waals surface area contributed by atoms with Crippen LogP contribution in [0.3, 0.4) is 0 Å². The minimum atomic E-state index is -0.748. The molecule has 1 atom stereocenters. The highest BCUT2D eigenvalue weighted by molar-refractivity contribution is 5.98. The number of fused-ring (bicyclic) bond motifs is 1. The molecule has 0 aliphatic carbocycles. The van der Waals surface area contributed by atoms with Gasteiger partial charge in [0.25, 0.3) is 5.91 Å². The molecule has 0 radical (unpaired) electrons. The van der Waals surface area contributed by atoms with Crippen molar-refractivity contribution in [2.45, 2.75) is 12.6 Å². The Labute approximate surface area is 166 Å². The Morgan fingerprint density at radius 2 is 2.17 bits per heavy atom. The van der Waals surface area contributed by atoms with Gasteiger partial charge >= 0.3 is 6.03 Å². The first-order valence-corrected chi connectivity index (χ1v) is 8.67. The van der Waals surface area contributed by atoms with Crippen molar-refractivity contribution >= 4 is 18.3 Å². The van der Waals surface area contributed by atoms with E-state index in [9.17, 15) is 19.2 Å². The zero-order valence-electron chi connectivity index (χ0n) is 15.5. The fraction of sp³-hybridized carbons (Fsp3) is 0.200.